The second kappa shape index (κ2) is 5.63. The lowest BCUT2D eigenvalue weighted by Gasteiger charge is -2.20. The molecule has 104 valence electrons. The normalized spacial score (nSPS) is 16.4. The van der Waals surface area contributed by atoms with Gasteiger partial charge in [-0.15, -0.1) is 0 Å². The van der Waals surface area contributed by atoms with Crippen molar-refractivity contribution in [1.82, 2.24) is 4.98 Å². The van der Waals surface area contributed by atoms with Crippen LogP contribution in [0.5, 0.6) is 0 Å². The van der Waals surface area contributed by atoms with Gasteiger partial charge >= 0.3 is 0 Å². The lowest BCUT2D eigenvalue weighted by molar-refractivity contribution is 0.220. The molecule has 1 fully saturated rings. The van der Waals surface area contributed by atoms with Gasteiger partial charge in [0.05, 0.1) is 0 Å². The summed E-state index contributed by atoms with van der Waals surface area (Å²) in [5.74, 6) is 1.06. The average Bonchev–Trinajstić information content (AvgIpc) is 3.01. The Bertz CT molecular complexity index is 577. The van der Waals surface area contributed by atoms with E-state index in [4.69, 9.17) is 0 Å². The van der Waals surface area contributed by atoms with Gasteiger partial charge < -0.3 is 10.0 Å². The van der Waals surface area contributed by atoms with E-state index < -0.39 is 6.10 Å². The molecule has 1 atom stereocenters. The monoisotopic (exact) mass is 268 g/mol. The molecule has 3 rings (SSSR count). The van der Waals surface area contributed by atoms with Crippen LogP contribution in [0, 0.1) is 6.92 Å². The van der Waals surface area contributed by atoms with Crippen molar-refractivity contribution in [3.05, 3.63) is 59.3 Å². The van der Waals surface area contributed by atoms with Gasteiger partial charge in [0.2, 0.25) is 0 Å². The highest BCUT2D eigenvalue weighted by atomic mass is 16.3. The maximum Gasteiger partial charge on any atom is 0.131 e. The number of nitrogens with zero attached hydrogens (tertiary/aromatic N) is 2. The van der Waals surface area contributed by atoms with Crippen molar-refractivity contribution in [3.63, 3.8) is 0 Å². The predicted molar refractivity (Wildman–Crippen MR) is 80.9 cm³/mol. The van der Waals surface area contributed by atoms with Crippen molar-refractivity contribution >= 4 is 5.82 Å². The molecule has 0 unspecified atom stereocenters. The van der Waals surface area contributed by atoms with Gasteiger partial charge in [-0.2, -0.15) is 0 Å². The Morgan fingerprint density at radius 3 is 2.45 bits per heavy atom. The first-order valence-corrected chi connectivity index (χ1v) is 7.20. The van der Waals surface area contributed by atoms with E-state index in [-0.39, 0.29) is 0 Å². The number of aromatic nitrogens is 1. The fourth-order valence-electron chi connectivity index (χ4n) is 2.83. The highest BCUT2D eigenvalue weighted by molar-refractivity contribution is 5.49. The Labute approximate surface area is 119 Å². The van der Waals surface area contributed by atoms with Crippen LogP contribution in [-0.2, 0) is 0 Å². The molecule has 0 amide bonds. The second-order valence-corrected chi connectivity index (χ2v) is 5.42. The Morgan fingerprint density at radius 1 is 1.10 bits per heavy atom. The third-order valence-corrected chi connectivity index (χ3v) is 3.91. The molecule has 1 aromatic heterocycles. The molecule has 1 N–H and O–H groups in total. The summed E-state index contributed by atoms with van der Waals surface area (Å²) in [6.45, 7) is 4.25. The number of aliphatic hydroxyl groups is 1. The Hall–Kier alpha value is -1.87. The first kappa shape index (κ1) is 13.1. The third-order valence-electron chi connectivity index (χ3n) is 3.91. The minimum atomic E-state index is -0.602. The number of benzene rings is 1. The van der Waals surface area contributed by atoms with Crippen LogP contribution in [0.1, 0.15) is 35.6 Å². The molecule has 3 heteroatoms. The molecule has 1 aliphatic rings. The molecule has 2 aromatic rings. The zero-order valence-corrected chi connectivity index (χ0v) is 11.8. The summed E-state index contributed by atoms with van der Waals surface area (Å²) in [6, 6.07) is 11.8. The van der Waals surface area contributed by atoms with E-state index in [1.54, 1.807) is 6.20 Å². The summed E-state index contributed by atoms with van der Waals surface area (Å²) in [7, 11) is 0. The van der Waals surface area contributed by atoms with Crippen LogP contribution in [-0.4, -0.2) is 23.2 Å². The summed E-state index contributed by atoms with van der Waals surface area (Å²) < 4.78 is 0. The van der Waals surface area contributed by atoms with Gasteiger partial charge in [0, 0.05) is 24.8 Å². The van der Waals surface area contributed by atoms with E-state index in [1.165, 1.54) is 12.8 Å². The first-order valence-electron chi connectivity index (χ1n) is 7.20. The molecular weight excluding hydrogens is 248 g/mol. The number of pyridine rings is 1. The number of aryl methyl sites for hydroxylation is 1. The largest absolute Gasteiger partial charge is 0.384 e. The smallest absolute Gasteiger partial charge is 0.131 e. The van der Waals surface area contributed by atoms with E-state index in [1.807, 2.05) is 30.3 Å². The summed E-state index contributed by atoms with van der Waals surface area (Å²) in [5.41, 5.74) is 2.90. The van der Waals surface area contributed by atoms with Crippen molar-refractivity contribution in [2.24, 2.45) is 0 Å². The topological polar surface area (TPSA) is 36.4 Å². The van der Waals surface area contributed by atoms with Crippen LogP contribution in [0.3, 0.4) is 0 Å². The van der Waals surface area contributed by atoms with Gasteiger partial charge in [-0.05, 0) is 37.0 Å². The van der Waals surface area contributed by atoms with Crippen LogP contribution in [0.15, 0.2) is 42.6 Å². The van der Waals surface area contributed by atoms with E-state index in [0.717, 1.165) is 35.6 Å². The van der Waals surface area contributed by atoms with Crippen molar-refractivity contribution in [2.45, 2.75) is 25.9 Å². The van der Waals surface area contributed by atoms with Gasteiger partial charge in [0.1, 0.15) is 11.9 Å². The molecule has 0 radical (unpaired) electrons. The number of rotatable bonds is 3. The number of anilines is 1. The number of hydrogen-bond donors (Lipinski definition) is 1. The molecule has 20 heavy (non-hydrogen) atoms. The van der Waals surface area contributed by atoms with Gasteiger partial charge in [0.25, 0.3) is 0 Å². The molecule has 3 nitrogen and oxygen atoms in total. The SMILES string of the molecule is Cc1cc([C@@H](O)c2ccccc2)cnc1N1CCCC1. The maximum atomic E-state index is 10.4. The molecular formula is C17H20N2O. The summed E-state index contributed by atoms with van der Waals surface area (Å²) >= 11 is 0. The third kappa shape index (κ3) is 2.54. The van der Waals surface area contributed by atoms with Crippen LogP contribution in [0.2, 0.25) is 0 Å². The van der Waals surface area contributed by atoms with Crippen molar-refractivity contribution in [3.8, 4) is 0 Å². The van der Waals surface area contributed by atoms with Crippen molar-refractivity contribution < 1.29 is 5.11 Å². The predicted octanol–water partition coefficient (Wildman–Crippen LogP) is 3.07. The molecule has 1 aliphatic heterocycles. The van der Waals surface area contributed by atoms with E-state index in [2.05, 4.69) is 22.9 Å². The van der Waals surface area contributed by atoms with Gasteiger partial charge in [-0.3, -0.25) is 0 Å². The molecule has 1 aromatic carbocycles. The fourth-order valence-corrected chi connectivity index (χ4v) is 2.83. The summed E-state index contributed by atoms with van der Waals surface area (Å²) in [4.78, 5) is 6.90. The standard InChI is InChI=1S/C17H20N2O/c1-13-11-15(16(20)14-7-3-2-4-8-14)12-18-17(13)19-9-5-6-10-19/h2-4,7-8,11-12,16,20H,5-6,9-10H2,1H3/t16-/m0/s1. The van der Waals surface area contributed by atoms with Crippen molar-refractivity contribution in [1.29, 1.82) is 0 Å². The lowest BCUT2D eigenvalue weighted by atomic mass is 10.0. The van der Waals surface area contributed by atoms with Crippen LogP contribution in [0.4, 0.5) is 5.82 Å². The van der Waals surface area contributed by atoms with Crippen LogP contribution >= 0.6 is 0 Å². The minimum absolute atomic E-state index is 0.602. The van der Waals surface area contributed by atoms with Crippen LogP contribution < -0.4 is 4.90 Å². The molecule has 0 saturated carbocycles. The fraction of sp³-hybridized carbons (Fsp3) is 0.353. The lowest BCUT2D eigenvalue weighted by Crippen LogP contribution is -2.20. The van der Waals surface area contributed by atoms with Gasteiger partial charge in [-0.25, -0.2) is 4.98 Å². The zero-order valence-electron chi connectivity index (χ0n) is 11.8. The summed E-state index contributed by atoms with van der Waals surface area (Å²) in [6.07, 6.45) is 3.69. The zero-order chi connectivity index (χ0) is 13.9. The first-order chi connectivity index (χ1) is 9.75. The Balaban J connectivity index is 1.86. The minimum Gasteiger partial charge on any atom is -0.384 e. The van der Waals surface area contributed by atoms with Gasteiger partial charge in [0.15, 0.2) is 0 Å². The molecule has 2 heterocycles. The van der Waals surface area contributed by atoms with Crippen LogP contribution in [0.25, 0.3) is 0 Å². The van der Waals surface area contributed by atoms with E-state index in [9.17, 15) is 5.11 Å². The maximum absolute atomic E-state index is 10.4. The quantitative estimate of drug-likeness (QED) is 0.929. The highest BCUT2D eigenvalue weighted by Crippen LogP contribution is 2.27. The summed E-state index contributed by atoms with van der Waals surface area (Å²) in [5, 5.41) is 10.4. The number of aliphatic hydroxyl groups excluding tert-OH is 1. The van der Waals surface area contributed by atoms with Gasteiger partial charge in [-0.1, -0.05) is 30.3 Å². The Kier molecular flexibility index (Phi) is 3.70. The second-order valence-electron chi connectivity index (χ2n) is 5.42. The van der Waals surface area contributed by atoms with Crippen molar-refractivity contribution in [2.75, 3.05) is 18.0 Å². The molecule has 0 bridgehead atoms. The molecule has 0 aliphatic carbocycles. The van der Waals surface area contributed by atoms with E-state index >= 15 is 0 Å². The highest BCUT2D eigenvalue weighted by Gasteiger charge is 2.17. The number of hydrogen-bond acceptors (Lipinski definition) is 3. The Morgan fingerprint density at radius 2 is 1.80 bits per heavy atom. The molecule has 0 spiro atoms. The average molecular weight is 268 g/mol. The van der Waals surface area contributed by atoms with E-state index in [0.29, 0.717) is 0 Å². The molecule has 1 saturated heterocycles.